The lowest BCUT2D eigenvalue weighted by Crippen LogP contribution is -2.61. The average Bonchev–Trinajstić information content (AvgIpc) is 3.12. The van der Waals surface area contributed by atoms with Gasteiger partial charge < -0.3 is 64.2 Å². The van der Waals surface area contributed by atoms with Crippen LogP contribution >= 0.6 is 0 Å². The first-order chi connectivity index (χ1) is 24.6. The lowest BCUT2D eigenvalue weighted by molar-refractivity contribution is -0.332. The molecule has 0 aromatic heterocycles. The van der Waals surface area contributed by atoms with E-state index in [0.29, 0.717) is 13.0 Å². The van der Waals surface area contributed by atoms with E-state index in [1.165, 1.54) is 64.2 Å². The second-order valence-electron chi connectivity index (χ2n) is 14.1. The number of ether oxygens (including phenoxy) is 6. The summed E-state index contributed by atoms with van der Waals surface area (Å²) in [5.74, 6) is -0.383. The Labute approximate surface area is 304 Å². The molecule has 0 aliphatic carbocycles. The summed E-state index contributed by atoms with van der Waals surface area (Å²) in [7, 11) is 0. The second kappa shape index (κ2) is 27.6. The summed E-state index contributed by atoms with van der Waals surface area (Å²) in [6, 6.07) is 0. The van der Waals surface area contributed by atoms with Crippen LogP contribution in [0.1, 0.15) is 129 Å². The Bertz CT molecular complexity index is 865. The molecule has 14 heteroatoms. The number of unbranched alkanes of at least 4 members (excludes halogenated alkanes) is 15. The molecule has 2 fully saturated rings. The molecule has 0 saturated carbocycles. The summed E-state index contributed by atoms with van der Waals surface area (Å²) in [4.78, 5) is 12.7. The Kier molecular flexibility index (Phi) is 24.9. The Morgan fingerprint density at radius 1 is 0.569 bits per heavy atom. The molecule has 2 rings (SSSR count). The van der Waals surface area contributed by atoms with Gasteiger partial charge in [0.2, 0.25) is 0 Å². The molecule has 2 aliphatic rings. The van der Waals surface area contributed by atoms with Gasteiger partial charge in [-0.1, -0.05) is 110 Å². The van der Waals surface area contributed by atoms with Crippen LogP contribution in [0.25, 0.3) is 0 Å². The molecule has 0 aromatic carbocycles. The standard InChI is InChI=1S/C37H70O14/c1-3-5-7-9-11-12-13-15-17-19-21-46-23-26(49-29(39)20-18-16-14-10-8-6-4-2)24-47-36-35(45)33(43)31(41)28(51-36)25-48-37-34(44)32(42)30(40)27(22-38)50-37/h26-28,30-38,40-45H,3-25H2,1-2H3. The van der Waals surface area contributed by atoms with Crippen molar-refractivity contribution in [3.8, 4) is 0 Å². The molecule has 0 radical (unpaired) electrons. The molecule has 0 amide bonds. The van der Waals surface area contributed by atoms with E-state index in [1.54, 1.807) is 0 Å². The zero-order valence-electron chi connectivity index (χ0n) is 31.1. The highest BCUT2D eigenvalue weighted by atomic mass is 16.7. The highest BCUT2D eigenvalue weighted by Crippen LogP contribution is 2.26. The van der Waals surface area contributed by atoms with Crippen LogP contribution in [0.3, 0.4) is 0 Å². The molecule has 11 atom stereocenters. The van der Waals surface area contributed by atoms with Gasteiger partial charge in [-0.05, 0) is 12.8 Å². The number of aliphatic hydroxyl groups is 7. The molecule has 14 nitrogen and oxygen atoms in total. The molecule has 11 unspecified atom stereocenters. The van der Waals surface area contributed by atoms with Gasteiger partial charge in [-0.3, -0.25) is 4.79 Å². The van der Waals surface area contributed by atoms with Gasteiger partial charge in [-0.2, -0.15) is 0 Å². The van der Waals surface area contributed by atoms with E-state index >= 15 is 0 Å². The number of hydrogen-bond donors (Lipinski definition) is 7. The minimum absolute atomic E-state index is 0.0673. The van der Waals surface area contributed by atoms with Gasteiger partial charge >= 0.3 is 5.97 Å². The Morgan fingerprint density at radius 3 is 1.59 bits per heavy atom. The van der Waals surface area contributed by atoms with Crippen molar-refractivity contribution >= 4 is 5.97 Å². The molecule has 0 spiro atoms. The smallest absolute Gasteiger partial charge is 0.306 e. The number of aliphatic hydroxyl groups excluding tert-OH is 7. The largest absolute Gasteiger partial charge is 0.457 e. The van der Waals surface area contributed by atoms with E-state index in [4.69, 9.17) is 28.4 Å². The summed E-state index contributed by atoms with van der Waals surface area (Å²) in [5.41, 5.74) is 0. The van der Waals surface area contributed by atoms with E-state index in [2.05, 4.69) is 13.8 Å². The molecule has 0 bridgehead atoms. The lowest BCUT2D eigenvalue weighted by atomic mass is 9.98. The normalized spacial score (nSPS) is 30.4. The van der Waals surface area contributed by atoms with Crippen LogP contribution in [-0.2, 0) is 33.2 Å². The fourth-order valence-corrected chi connectivity index (χ4v) is 6.28. The number of carbonyl (C=O) groups excluding carboxylic acids is 1. The summed E-state index contributed by atoms with van der Waals surface area (Å²) in [6.07, 6.45) is 3.55. The summed E-state index contributed by atoms with van der Waals surface area (Å²) >= 11 is 0. The first-order valence-corrected chi connectivity index (χ1v) is 19.6. The highest BCUT2D eigenvalue weighted by Gasteiger charge is 2.47. The zero-order valence-corrected chi connectivity index (χ0v) is 31.1. The van der Waals surface area contributed by atoms with Crippen molar-refractivity contribution in [2.45, 2.75) is 197 Å². The third-order valence-electron chi connectivity index (χ3n) is 9.62. The topological polar surface area (TPSA) is 214 Å². The summed E-state index contributed by atoms with van der Waals surface area (Å²) in [5, 5.41) is 71.5. The van der Waals surface area contributed by atoms with Crippen LogP contribution in [0.15, 0.2) is 0 Å². The first kappa shape index (κ1) is 46.1. The molecule has 302 valence electrons. The fraction of sp³-hybridized carbons (Fsp3) is 0.973. The minimum Gasteiger partial charge on any atom is -0.457 e. The van der Waals surface area contributed by atoms with Crippen molar-refractivity contribution in [3.05, 3.63) is 0 Å². The van der Waals surface area contributed by atoms with Crippen LogP contribution < -0.4 is 0 Å². The molecule has 2 saturated heterocycles. The summed E-state index contributed by atoms with van der Waals surface area (Å²) < 4.78 is 33.9. The maximum absolute atomic E-state index is 12.7. The van der Waals surface area contributed by atoms with E-state index < -0.39 is 80.7 Å². The number of carbonyl (C=O) groups is 1. The molecule has 51 heavy (non-hydrogen) atoms. The third kappa shape index (κ3) is 17.8. The van der Waals surface area contributed by atoms with E-state index in [-0.39, 0.29) is 25.6 Å². The molecule has 2 aliphatic heterocycles. The Morgan fingerprint density at radius 2 is 1.04 bits per heavy atom. The fourth-order valence-electron chi connectivity index (χ4n) is 6.28. The SMILES string of the molecule is CCCCCCCCCCCCOCC(COC1OC(COC2OC(CO)C(O)C(O)C2O)C(O)C(O)C1O)OC(=O)CCCCCCCCC. The quantitative estimate of drug-likeness (QED) is 0.0434. The second-order valence-corrected chi connectivity index (χ2v) is 14.1. The third-order valence-corrected chi connectivity index (χ3v) is 9.62. The zero-order chi connectivity index (χ0) is 37.4. The van der Waals surface area contributed by atoms with Gasteiger partial charge in [0, 0.05) is 13.0 Å². The monoisotopic (exact) mass is 738 g/mol. The maximum atomic E-state index is 12.7. The lowest BCUT2D eigenvalue weighted by Gasteiger charge is -2.42. The molecular weight excluding hydrogens is 668 g/mol. The number of rotatable bonds is 29. The molecule has 0 aromatic rings. The molecule has 7 N–H and O–H groups in total. The van der Waals surface area contributed by atoms with Gasteiger partial charge in [0.05, 0.1) is 26.4 Å². The van der Waals surface area contributed by atoms with Crippen molar-refractivity contribution in [3.63, 3.8) is 0 Å². The maximum Gasteiger partial charge on any atom is 0.306 e. The predicted molar refractivity (Wildman–Crippen MR) is 188 cm³/mol. The average molecular weight is 739 g/mol. The van der Waals surface area contributed by atoms with Gasteiger partial charge in [-0.25, -0.2) is 0 Å². The minimum atomic E-state index is -1.70. The van der Waals surface area contributed by atoms with Crippen molar-refractivity contribution in [2.24, 2.45) is 0 Å². The predicted octanol–water partition coefficient (Wildman–Crippen LogP) is 2.62. The van der Waals surface area contributed by atoms with E-state index in [9.17, 15) is 40.5 Å². The van der Waals surface area contributed by atoms with E-state index in [1.807, 2.05) is 0 Å². The Hall–Kier alpha value is -1.01. The van der Waals surface area contributed by atoms with Crippen molar-refractivity contribution in [2.75, 3.05) is 33.0 Å². The van der Waals surface area contributed by atoms with Crippen molar-refractivity contribution < 1.29 is 69.0 Å². The van der Waals surface area contributed by atoms with Crippen molar-refractivity contribution in [1.82, 2.24) is 0 Å². The Balaban J connectivity index is 1.87. The van der Waals surface area contributed by atoms with Gasteiger partial charge in [0.15, 0.2) is 12.6 Å². The van der Waals surface area contributed by atoms with Gasteiger partial charge in [0.1, 0.15) is 54.9 Å². The van der Waals surface area contributed by atoms with Crippen LogP contribution in [0.4, 0.5) is 0 Å². The van der Waals surface area contributed by atoms with Crippen LogP contribution in [0.5, 0.6) is 0 Å². The van der Waals surface area contributed by atoms with E-state index in [0.717, 1.165) is 38.5 Å². The highest BCUT2D eigenvalue weighted by molar-refractivity contribution is 5.69. The van der Waals surface area contributed by atoms with Gasteiger partial charge in [0.25, 0.3) is 0 Å². The van der Waals surface area contributed by atoms with Gasteiger partial charge in [-0.15, -0.1) is 0 Å². The summed E-state index contributed by atoms with van der Waals surface area (Å²) in [6.45, 7) is 3.60. The molecule has 2 heterocycles. The van der Waals surface area contributed by atoms with Crippen LogP contribution in [0, 0.1) is 0 Å². The van der Waals surface area contributed by atoms with Crippen LogP contribution in [-0.4, -0.2) is 142 Å². The first-order valence-electron chi connectivity index (χ1n) is 19.6. The van der Waals surface area contributed by atoms with Crippen LogP contribution in [0.2, 0.25) is 0 Å². The number of esters is 1. The number of hydrogen-bond acceptors (Lipinski definition) is 14. The van der Waals surface area contributed by atoms with Crippen molar-refractivity contribution in [1.29, 1.82) is 0 Å². The molecular formula is C37H70O14.